The Hall–Kier alpha value is -1.42. The van der Waals surface area contributed by atoms with E-state index < -0.39 is 23.5 Å². The number of aromatic nitrogens is 2. The fourth-order valence-electron chi connectivity index (χ4n) is 1.48. The van der Waals surface area contributed by atoms with Crippen molar-refractivity contribution in [2.45, 2.75) is 18.1 Å². The summed E-state index contributed by atoms with van der Waals surface area (Å²) in [5.74, 6) is -2.47. The molecule has 0 bridgehead atoms. The third-order valence-corrected chi connectivity index (χ3v) is 3.09. The van der Waals surface area contributed by atoms with Gasteiger partial charge < -0.3 is 15.2 Å². The highest BCUT2D eigenvalue weighted by Gasteiger charge is 2.44. The molecule has 0 spiro atoms. The van der Waals surface area contributed by atoms with E-state index in [1.807, 2.05) is 0 Å². The van der Waals surface area contributed by atoms with Crippen LogP contribution in [-0.4, -0.2) is 39.2 Å². The Kier molecular flexibility index (Phi) is 3.15. The Morgan fingerprint density at radius 1 is 1.56 bits per heavy atom. The molecule has 1 unspecified atom stereocenters. The molecule has 1 aromatic heterocycles. The average molecular weight is 283 g/mol. The lowest BCUT2D eigenvalue weighted by Crippen LogP contribution is -2.47. The van der Waals surface area contributed by atoms with Crippen LogP contribution in [0, 0.1) is 0 Å². The van der Waals surface area contributed by atoms with E-state index in [4.69, 9.17) is 9.84 Å². The van der Waals surface area contributed by atoms with Crippen molar-refractivity contribution in [3.05, 3.63) is 5.82 Å². The van der Waals surface area contributed by atoms with Gasteiger partial charge in [-0.1, -0.05) is 0 Å². The van der Waals surface area contributed by atoms with Crippen LogP contribution in [0.3, 0.4) is 0 Å². The summed E-state index contributed by atoms with van der Waals surface area (Å²) in [6.07, 6.45) is -4.48. The Morgan fingerprint density at radius 3 is 2.72 bits per heavy atom. The molecule has 1 fully saturated rings. The monoisotopic (exact) mass is 283 g/mol. The standard InChI is InChI=1S/C8H8F3N3O3S/c9-8(10,11)4-12-6(18-14-4)13-7(5(15)16)1-2-17-3-7/h1-3H2,(H,15,16)(H,12,13,14). The van der Waals surface area contributed by atoms with Crippen LogP contribution >= 0.6 is 11.5 Å². The topological polar surface area (TPSA) is 84.3 Å². The summed E-state index contributed by atoms with van der Waals surface area (Å²) >= 11 is 0.468. The van der Waals surface area contributed by atoms with Crippen molar-refractivity contribution in [1.82, 2.24) is 9.36 Å². The summed E-state index contributed by atoms with van der Waals surface area (Å²) in [5, 5.41) is 11.4. The van der Waals surface area contributed by atoms with Gasteiger partial charge in [-0.3, -0.25) is 0 Å². The van der Waals surface area contributed by atoms with E-state index in [1.54, 1.807) is 0 Å². The number of ether oxygens (including phenoxy) is 1. The van der Waals surface area contributed by atoms with Crippen LogP contribution < -0.4 is 5.32 Å². The van der Waals surface area contributed by atoms with Crippen LogP contribution in [0.1, 0.15) is 12.2 Å². The van der Waals surface area contributed by atoms with Crippen molar-refractivity contribution in [3.63, 3.8) is 0 Å². The number of halogens is 3. The summed E-state index contributed by atoms with van der Waals surface area (Å²) in [5.41, 5.74) is -1.43. The summed E-state index contributed by atoms with van der Waals surface area (Å²) < 4.78 is 44.9. The third kappa shape index (κ3) is 2.38. The molecule has 1 aromatic rings. The van der Waals surface area contributed by atoms with E-state index in [2.05, 4.69) is 14.7 Å². The number of alkyl halides is 3. The second-order valence-electron chi connectivity index (χ2n) is 3.74. The molecule has 18 heavy (non-hydrogen) atoms. The number of aliphatic carboxylic acids is 1. The van der Waals surface area contributed by atoms with Gasteiger partial charge in [0.1, 0.15) is 0 Å². The minimum Gasteiger partial charge on any atom is -0.479 e. The number of anilines is 1. The molecule has 0 amide bonds. The van der Waals surface area contributed by atoms with Crippen molar-refractivity contribution >= 4 is 22.6 Å². The molecule has 2 N–H and O–H groups in total. The maximum Gasteiger partial charge on any atom is 0.452 e. The fourth-order valence-corrected chi connectivity index (χ4v) is 2.17. The van der Waals surface area contributed by atoms with Crippen molar-refractivity contribution in [1.29, 1.82) is 0 Å². The van der Waals surface area contributed by atoms with Crippen molar-refractivity contribution < 1.29 is 27.8 Å². The van der Waals surface area contributed by atoms with Gasteiger partial charge in [0.05, 0.1) is 6.61 Å². The number of hydrogen-bond donors (Lipinski definition) is 2. The molecule has 0 radical (unpaired) electrons. The fraction of sp³-hybridized carbons (Fsp3) is 0.625. The zero-order valence-electron chi connectivity index (χ0n) is 8.82. The predicted molar refractivity (Wildman–Crippen MR) is 54.3 cm³/mol. The molecule has 0 saturated carbocycles. The summed E-state index contributed by atoms with van der Waals surface area (Å²) in [7, 11) is 0. The van der Waals surface area contributed by atoms with E-state index in [0.29, 0.717) is 11.5 Å². The number of nitrogens with zero attached hydrogens (tertiary/aromatic N) is 2. The highest BCUT2D eigenvalue weighted by molar-refractivity contribution is 7.09. The molecule has 1 aliphatic heterocycles. The molecule has 1 atom stereocenters. The van der Waals surface area contributed by atoms with Gasteiger partial charge in [-0.05, 0) is 0 Å². The molecular formula is C8H8F3N3O3S. The lowest BCUT2D eigenvalue weighted by Gasteiger charge is -2.22. The summed E-state index contributed by atoms with van der Waals surface area (Å²) in [4.78, 5) is 14.3. The molecular weight excluding hydrogens is 275 g/mol. The van der Waals surface area contributed by atoms with Crippen LogP contribution in [0.25, 0.3) is 0 Å². The largest absolute Gasteiger partial charge is 0.479 e. The molecule has 0 aliphatic carbocycles. The second-order valence-corrected chi connectivity index (χ2v) is 4.49. The minimum atomic E-state index is -4.64. The van der Waals surface area contributed by atoms with Gasteiger partial charge in [0.2, 0.25) is 11.0 Å². The van der Waals surface area contributed by atoms with Crippen LogP contribution in [0.4, 0.5) is 18.3 Å². The highest BCUT2D eigenvalue weighted by Crippen LogP contribution is 2.31. The first kappa shape index (κ1) is 13.0. The highest BCUT2D eigenvalue weighted by atomic mass is 32.1. The first-order valence-corrected chi connectivity index (χ1v) is 5.61. The number of carboxylic acids is 1. The first-order chi connectivity index (χ1) is 8.33. The molecule has 0 aromatic carbocycles. The number of nitrogens with one attached hydrogen (secondary N) is 1. The van der Waals surface area contributed by atoms with Crippen molar-refractivity contribution in [3.8, 4) is 0 Å². The Bertz CT molecular complexity index is 456. The van der Waals surface area contributed by atoms with Gasteiger partial charge in [0.15, 0.2) is 5.54 Å². The zero-order chi connectivity index (χ0) is 13.4. The normalized spacial score (nSPS) is 24.2. The van der Waals surface area contributed by atoms with E-state index in [0.717, 1.165) is 0 Å². The van der Waals surface area contributed by atoms with E-state index in [1.165, 1.54) is 0 Å². The zero-order valence-corrected chi connectivity index (χ0v) is 9.64. The number of rotatable bonds is 3. The van der Waals surface area contributed by atoms with Crippen LogP contribution in [-0.2, 0) is 15.7 Å². The lowest BCUT2D eigenvalue weighted by atomic mass is 10.00. The molecule has 1 aliphatic rings. The Labute approximate surface area is 103 Å². The van der Waals surface area contributed by atoms with E-state index in [9.17, 15) is 18.0 Å². The average Bonchev–Trinajstić information content (AvgIpc) is 2.86. The van der Waals surface area contributed by atoms with Gasteiger partial charge in [0.25, 0.3) is 0 Å². The smallest absolute Gasteiger partial charge is 0.452 e. The second kappa shape index (κ2) is 4.35. The molecule has 6 nitrogen and oxygen atoms in total. The molecule has 10 heteroatoms. The van der Waals surface area contributed by atoms with Crippen molar-refractivity contribution in [2.24, 2.45) is 0 Å². The minimum absolute atomic E-state index is 0.122. The summed E-state index contributed by atoms with van der Waals surface area (Å²) in [6.45, 7) is 0.105. The van der Waals surface area contributed by atoms with E-state index in [-0.39, 0.29) is 24.8 Å². The van der Waals surface area contributed by atoms with Crippen LogP contribution in [0.15, 0.2) is 0 Å². The van der Waals surface area contributed by atoms with Crippen molar-refractivity contribution in [2.75, 3.05) is 18.5 Å². The number of carbonyl (C=O) groups is 1. The van der Waals surface area contributed by atoms with Crippen LogP contribution in [0.5, 0.6) is 0 Å². The van der Waals surface area contributed by atoms with Gasteiger partial charge in [-0.25, -0.2) is 4.79 Å². The van der Waals surface area contributed by atoms with E-state index >= 15 is 0 Å². The van der Waals surface area contributed by atoms with Gasteiger partial charge in [-0.2, -0.15) is 22.5 Å². The maximum atomic E-state index is 12.3. The third-order valence-electron chi connectivity index (χ3n) is 2.46. The molecule has 100 valence electrons. The molecule has 1 saturated heterocycles. The number of hydrogen-bond acceptors (Lipinski definition) is 6. The van der Waals surface area contributed by atoms with Gasteiger partial charge in [0, 0.05) is 24.6 Å². The molecule has 2 heterocycles. The quantitative estimate of drug-likeness (QED) is 0.867. The number of carboxylic acid groups (broad SMARTS) is 1. The Balaban J connectivity index is 2.18. The SMILES string of the molecule is O=C(O)C1(Nc2nc(C(F)(F)F)ns2)CCOC1. The predicted octanol–water partition coefficient (Wildman–Crippen LogP) is 1.21. The van der Waals surface area contributed by atoms with Crippen LogP contribution in [0.2, 0.25) is 0 Å². The van der Waals surface area contributed by atoms with Gasteiger partial charge in [-0.15, -0.1) is 0 Å². The lowest BCUT2D eigenvalue weighted by molar-refractivity contribution is -0.144. The molecule has 2 rings (SSSR count). The maximum absolute atomic E-state index is 12.3. The Morgan fingerprint density at radius 2 is 2.28 bits per heavy atom. The van der Waals surface area contributed by atoms with Gasteiger partial charge >= 0.3 is 12.1 Å². The first-order valence-electron chi connectivity index (χ1n) is 4.84. The summed E-state index contributed by atoms with van der Waals surface area (Å²) in [6, 6.07) is 0.